The van der Waals surface area contributed by atoms with Crippen LogP contribution in [0.1, 0.15) is 26.3 Å². The molecule has 6 heteroatoms. The molecule has 0 aliphatic rings. The van der Waals surface area contributed by atoms with Crippen LogP contribution in [0.5, 0.6) is 5.75 Å². The van der Waals surface area contributed by atoms with Gasteiger partial charge in [0.1, 0.15) is 0 Å². The number of rotatable bonds is 5. The predicted molar refractivity (Wildman–Crippen MR) is 86.2 cm³/mol. The molecular weight excluding hydrogens is 369 g/mol. The van der Waals surface area contributed by atoms with Crippen molar-refractivity contribution in [2.45, 2.75) is 26.8 Å². The lowest BCUT2D eigenvalue weighted by atomic mass is 10.1. The summed E-state index contributed by atoms with van der Waals surface area (Å²) in [5.41, 5.74) is 6.65. The number of anilines is 1. The van der Waals surface area contributed by atoms with E-state index in [2.05, 4.69) is 5.32 Å². The van der Waals surface area contributed by atoms with Gasteiger partial charge < -0.3 is 15.8 Å². The summed E-state index contributed by atoms with van der Waals surface area (Å²) in [6.45, 7) is 5.92. The Morgan fingerprint density at radius 2 is 2.15 bits per heavy atom. The van der Waals surface area contributed by atoms with E-state index >= 15 is 0 Å². The van der Waals surface area contributed by atoms with Crippen LogP contribution in [0.15, 0.2) is 12.1 Å². The zero-order valence-electron chi connectivity index (χ0n) is 11.7. The molecule has 3 N–H and O–H groups in total. The zero-order chi connectivity index (χ0) is 15.3. The molecule has 1 aromatic carbocycles. The number of halogens is 1. The Morgan fingerprint density at radius 3 is 2.65 bits per heavy atom. The van der Waals surface area contributed by atoms with Crippen LogP contribution in [0.3, 0.4) is 0 Å². The highest BCUT2D eigenvalue weighted by Gasteiger charge is 2.13. The summed E-state index contributed by atoms with van der Waals surface area (Å²) >= 11 is 2.03. The number of amides is 1. The molecule has 1 unspecified atom stereocenters. The van der Waals surface area contributed by atoms with Crippen LogP contribution in [-0.4, -0.2) is 18.6 Å². The number of carbonyl (C=O) groups is 1. The van der Waals surface area contributed by atoms with Crippen molar-refractivity contribution in [3.8, 4) is 11.8 Å². The molecule has 108 valence electrons. The number of nitrogens with zero attached hydrogens (tertiary/aromatic N) is 1. The maximum atomic E-state index is 11.7. The van der Waals surface area contributed by atoms with Crippen LogP contribution in [0.4, 0.5) is 5.69 Å². The van der Waals surface area contributed by atoms with Gasteiger partial charge in [-0.25, -0.2) is 0 Å². The second kappa shape index (κ2) is 7.33. The molecule has 0 saturated carbocycles. The number of ether oxygens (including phenoxy) is 1. The van der Waals surface area contributed by atoms with E-state index in [0.29, 0.717) is 26.5 Å². The van der Waals surface area contributed by atoms with Gasteiger partial charge in [-0.2, -0.15) is 5.26 Å². The fraction of sp³-hybridized carbons (Fsp3) is 0.429. The Balaban J connectivity index is 2.67. The highest BCUT2D eigenvalue weighted by Crippen LogP contribution is 2.29. The lowest BCUT2D eigenvalue weighted by Crippen LogP contribution is -2.39. The molecule has 0 radical (unpaired) electrons. The largest absolute Gasteiger partial charge is 0.480 e. The fourth-order valence-corrected chi connectivity index (χ4v) is 2.23. The van der Waals surface area contributed by atoms with Crippen molar-refractivity contribution < 1.29 is 9.53 Å². The number of nitrogen functional groups attached to an aromatic ring is 1. The molecule has 0 spiro atoms. The number of benzene rings is 1. The van der Waals surface area contributed by atoms with Gasteiger partial charge in [0.25, 0.3) is 5.91 Å². The average molecular weight is 387 g/mol. The van der Waals surface area contributed by atoms with Crippen LogP contribution in [0.25, 0.3) is 0 Å². The molecule has 1 amide bonds. The van der Waals surface area contributed by atoms with Crippen molar-refractivity contribution in [1.29, 1.82) is 5.26 Å². The maximum absolute atomic E-state index is 11.7. The first-order valence-corrected chi connectivity index (χ1v) is 7.34. The molecule has 0 saturated heterocycles. The molecule has 1 aromatic rings. The van der Waals surface area contributed by atoms with Crippen LogP contribution in [-0.2, 0) is 4.79 Å². The van der Waals surface area contributed by atoms with Gasteiger partial charge in [-0.15, -0.1) is 0 Å². The van der Waals surface area contributed by atoms with Crippen molar-refractivity contribution in [3.05, 3.63) is 21.3 Å². The summed E-state index contributed by atoms with van der Waals surface area (Å²) in [6, 6.07) is 5.31. The van der Waals surface area contributed by atoms with E-state index in [1.54, 1.807) is 6.07 Å². The average Bonchev–Trinajstić information content (AvgIpc) is 2.37. The molecule has 0 aliphatic carbocycles. The summed E-state index contributed by atoms with van der Waals surface area (Å²) in [7, 11) is 0. The molecule has 0 aromatic heterocycles. The van der Waals surface area contributed by atoms with Crippen LogP contribution >= 0.6 is 22.6 Å². The molecule has 1 rings (SSSR count). The Kier molecular flexibility index (Phi) is 6.07. The molecular formula is C14H18IN3O2. The minimum Gasteiger partial charge on any atom is -0.480 e. The zero-order valence-corrected chi connectivity index (χ0v) is 13.9. The highest BCUT2D eigenvalue weighted by atomic mass is 127. The van der Waals surface area contributed by atoms with E-state index in [9.17, 15) is 4.79 Å². The smallest absolute Gasteiger partial charge is 0.258 e. The lowest BCUT2D eigenvalue weighted by molar-refractivity contribution is -0.123. The van der Waals surface area contributed by atoms with E-state index in [1.807, 2.05) is 49.4 Å². The van der Waals surface area contributed by atoms with Gasteiger partial charge in [-0.05, 0) is 47.6 Å². The van der Waals surface area contributed by atoms with Crippen LogP contribution < -0.4 is 15.8 Å². The third-order valence-electron chi connectivity index (χ3n) is 2.94. The predicted octanol–water partition coefficient (Wildman–Crippen LogP) is 2.28. The normalized spacial score (nSPS) is 11.8. The third kappa shape index (κ3) is 4.56. The summed E-state index contributed by atoms with van der Waals surface area (Å²) in [6.07, 6.45) is 0. The quantitative estimate of drug-likeness (QED) is 0.600. The van der Waals surface area contributed by atoms with Crippen molar-refractivity contribution in [2.75, 3.05) is 12.3 Å². The Morgan fingerprint density at radius 1 is 1.50 bits per heavy atom. The Labute approximate surface area is 132 Å². The van der Waals surface area contributed by atoms with E-state index in [1.165, 1.54) is 6.07 Å². The number of nitrogens with two attached hydrogens (primary N) is 1. The standard InChI is InChI=1S/C14H18IN3O2/c1-8(2)9(3)18-13(19)7-20-14-11(15)4-10(6-16)5-12(14)17/h4-5,8-9H,7,17H2,1-3H3,(H,18,19). The van der Waals surface area contributed by atoms with Crippen LogP contribution in [0, 0.1) is 20.8 Å². The van der Waals surface area contributed by atoms with Gasteiger partial charge in [-0.1, -0.05) is 13.8 Å². The van der Waals surface area contributed by atoms with E-state index in [0.717, 1.165) is 0 Å². The third-order valence-corrected chi connectivity index (χ3v) is 3.74. The lowest BCUT2D eigenvalue weighted by Gasteiger charge is -2.18. The first-order valence-electron chi connectivity index (χ1n) is 6.26. The van der Waals surface area contributed by atoms with E-state index in [-0.39, 0.29) is 18.6 Å². The fourth-order valence-electron chi connectivity index (χ4n) is 1.43. The summed E-state index contributed by atoms with van der Waals surface area (Å²) < 4.78 is 6.17. The summed E-state index contributed by atoms with van der Waals surface area (Å²) in [4.78, 5) is 11.7. The minimum absolute atomic E-state index is 0.0866. The number of carbonyl (C=O) groups excluding carboxylic acids is 1. The molecule has 20 heavy (non-hydrogen) atoms. The van der Waals surface area contributed by atoms with Gasteiger partial charge >= 0.3 is 0 Å². The topological polar surface area (TPSA) is 88.1 Å². The van der Waals surface area contributed by atoms with Gasteiger partial charge in [0.15, 0.2) is 12.4 Å². The molecule has 5 nitrogen and oxygen atoms in total. The van der Waals surface area contributed by atoms with Crippen molar-refractivity contribution in [3.63, 3.8) is 0 Å². The minimum atomic E-state index is -0.189. The molecule has 0 heterocycles. The van der Waals surface area contributed by atoms with Crippen molar-refractivity contribution >= 4 is 34.2 Å². The monoisotopic (exact) mass is 387 g/mol. The number of hydrogen-bond donors (Lipinski definition) is 2. The second-order valence-corrected chi connectivity index (χ2v) is 6.04. The molecule has 1 atom stereocenters. The highest BCUT2D eigenvalue weighted by molar-refractivity contribution is 14.1. The van der Waals surface area contributed by atoms with Gasteiger partial charge in [0.2, 0.25) is 0 Å². The van der Waals surface area contributed by atoms with E-state index < -0.39 is 0 Å². The maximum Gasteiger partial charge on any atom is 0.258 e. The van der Waals surface area contributed by atoms with Crippen molar-refractivity contribution in [1.82, 2.24) is 5.32 Å². The number of nitriles is 1. The molecule has 0 aliphatic heterocycles. The number of nitrogens with one attached hydrogen (secondary N) is 1. The van der Waals surface area contributed by atoms with E-state index in [4.69, 9.17) is 15.7 Å². The molecule has 0 bridgehead atoms. The first-order chi connectivity index (χ1) is 9.35. The van der Waals surface area contributed by atoms with Gasteiger partial charge in [-0.3, -0.25) is 4.79 Å². The SMILES string of the molecule is CC(C)C(C)NC(=O)COc1c(N)cc(C#N)cc1I. The molecule has 0 fully saturated rings. The second-order valence-electron chi connectivity index (χ2n) is 4.88. The van der Waals surface area contributed by atoms with Crippen molar-refractivity contribution in [2.24, 2.45) is 5.92 Å². The van der Waals surface area contributed by atoms with Crippen LogP contribution in [0.2, 0.25) is 0 Å². The van der Waals surface area contributed by atoms with Gasteiger partial charge in [0.05, 0.1) is 20.9 Å². The Hall–Kier alpha value is -1.49. The first kappa shape index (κ1) is 16.6. The summed E-state index contributed by atoms with van der Waals surface area (Å²) in [5.74, 6) is 0.613. The summed E-state index contributed by atoms with van der Waals surface area (Å²) in [5, 5.41) is 11.7. The number of hydrogen-bond acceptors (Lipinski definition) is 4. The Bertz CT molecular complexity index is 515. The van der Waals surface area contributed by atoms with Gasteiger partial charge in [0, 0.05) is 6.04 Å².